The number of fused-ring (bicyclic) bond motifs is 6. The number of hydrogen-bond donors (Lipinski definition) is 0. The van der Waals surface area contributed by atoms with E-state index in [1.807, 2.05) is 18.2 Å². The standard InChI is InChI=1S/C20H11ClO/c21-16-4-1-13-11-19-14(9-15(13)10-16)3-6-18-17(19)5-2-12-7-8-22-20(12)18/h1-11H. The van der Waals surface area contributed by atoms with Crippen molar-refractivity contribution in [2.75, 3.05) is 0 Å². The van der Waals surface area contributed by atoms with Gasteiger partial charge in [0, 0.05) is 15.8 Å². The van der Waals surface area contributed by atoms with Crippen molar-refractivity contribution in [2.45, 2.75) is 0 Å². The van der Waals surface area contributed by atoms with Crippen molar-refractivity contribution in [1.82, 2.24) is 0 Å². The van der Waals surface area contributed by atoms with Crippen molar-refractivity contribution in [1.29, 1.82) is 0 Å². The maximum Gasteiger partial charge on any atom is 0.141 e. The summed E-state index contributed by atoms with van der Waals surface area (Å²) in [4.78, 5) is 0. The van der Waals surface area contributed by atoms with Gasteiger partial charge in [-0.3, -0.25) is 0 Å². The molecule has 4 aromatic carbocycles. The molecular formula is C20H11ClO. The van der Waals surface area contributed by atoms with Crippen LogP contribution in [0.1, 0.15) is 0 Å². The molecule has 0 atom stereocenters. The third kappa shape index (κ3) is 1.60. The monoisotopic (exact) mass is 302 g/mol. The van der Waals surface area contributed by atoms with E-state index in [0.29, 0.717) is 0 Å². The molecule has 0 spiro atoms. The highest BCUT2D eigenvalue weighted by molar-refractivity contribution is 6.31. The molecule has 0 unspecified atom stereocenters. The van der Waals surface area contributed by atoms with E-state index in [1.165, 1.54) is 26.9 Å². The molecule has 1 nitrogen and oxygen atoms in total. The molecule has 0 bridgehead atoms. The highest BCUT2D eigenvalue weighted by Crippen LogP contribution is 2.34. The number of hydrogen-bond acceptors (Lipinski definition) is 1. The van der Waals surface area contributed by atoms with Crippen molar-refractivity contribution in [3.63, 3.8) is 0 Å². The van der Waals surface area contributed by atoms with Crippen LogP contribution < -0.4 is 0 Å². The lowest BCUT2D eigenvalue weighted by molar-refractivity contribution is 0.619. The molecule has 0 radical (unpaired) electrons. The summed E-state index contributed by atoms with van der Waals surface area (Å²) in [6.45, 7) is 0. The SMILES string of the molecule is Clc1ccc2cc3c(ccc4c3ccc3ccoc34)cc2c1. The Morgan fingerprint density at radius 3 is 2.36 bits per heavy atom. The molecule has 5 aromatic rings. The predicted octanol–water partition coefficient (Wildman–Crippen LogP) is 6.55. The van der Waals surface area contributed by atoms with Crippen LogP contribution in [0.15, 0.2) is 71.3 Å². The van der Waals surface area contributed by atoms with Gasteiger partial charge in [0.1, 0.15) is 5.58 Å². The topological polar surface area (TPSA) is 13.1 Å². The lowest BCUT2D eigenvalue weighted by Crippen LogP contribution is -1.80. The Hall–Kier alpha value is -2.51. The Morgan fingerprint density at radius 2 is 1.41 bits per heavy atom. The van der Waals surface area contributed by atoms with E-state index in [9.17, 15) is 0 Å². The number of halogens is 1. The molecule has 22 heavy (non-hydrogen) atoms. The zero-order valence-electron chi connectivity index (χ0n) is 11.6. The van der Waals surface area contributed by atoms with Gasteiger partial charge in [-0.15, -0.1) is 0 Å². The molecule has 104 valence electrons. The van der Waals surface area contributed by atoms with E-state index in [2.05, 4.69) is 42.5 Å². The molecular weight excluding hydrogens is 292 g/mol. The zero-order chi connectivity index (χ0) is 14.7. The molecule has 0 aliphatic carbocycles. The second kappa shape index (κ2) is 4.25. The highest BCUT2D eigenvalue weighted by Gasteiger charge is 2.08. The summed E-state index contributed by atoms with van der Waals surface area (Å²) in [6, 6.07) is 21.0. The summed E-state index contributed by atoms with van der Waals surface area (Å²) < 4.78 is 5.67. The third-order valence-electron chi connectivity index (χ3n) is 4.35. The van der Waals surface area contributed by atoms with Gasteiger partial charge in [-0.25, -0.2) is 0 Å². The summed E-state index contributed by atoms with van der Waals surface area (Å²) in [5.74, 6) is 0. The lowest BCUT2D eigenvalue weighted by atomic mass is 9.97. The largest absolute Gasteiger partial charge is 0.464 e. The zero-order valence-corrected chi connectivity index (χ0v) is 12.4. The van der Waals surface area contributed by atoms with E-state index in [-0.39, 0.29) is 0 Å². The van der Waals surface area contributed by atoms with Gasteiger partial charge in [0.05, 0.1) is 6.26 Å². The van der Waals surface area contributed by atoms with E-state index in [4.69, 9.17) is 16.0 Å². The van der Waals surface area contributed by atoms with Gasteiger partial charge in [-0.2, -0.15) is 0 Å². The second-order valence-electron chi connectivity index (χ2n) is 5.63. The minimum atomic E-state index is 0.768. The van der Waals surface area contributed by atoms with Crippen LogP contribution in [0.3, 0.4) is 0 Å². The molecule has 0 aliphatic heterocycles. The summed E-state index contributed by atoms with van der Waals surface area (Å²) in [7, 11) is 0. The number of rotatable bonds is 0. The molecule has 5 rings (SSSR count). The minimum absolute atomic E-state index is 0.768. The first kappa shape index (κ1) is 12.1. The molecule has 0 aliphatic rings. The van der Waals surface area contributed by atoms with Crippen LogP contribution >= 0.6 is 11.6 Å². The van der Waals surface area contributed by atoms with Gasteiger partial charge in [-0.05, 0) is 63.3 Å². The Labute approximate surface area is 131 Å². The Kier molecular flexibility index (Phi) is 2.33. The fourth-order valence-electron chi connectivity index (χ4n) is 3.29. The number of furan rings is 1. The average molecular weight is 303 g/mol. The van der Waals surface area contributed by atoms with E-state index < -0.39 is 0 Å². The Bertz CT molecular complexity index is 1180. The molecule has 0 saturated carbocycles. The molecule has 0 amide bonds. The van der Waals surface area contributed by atoms with Gasteiger partial charge < -0.3 is 4.42 Å². The fraction of sp³-hybridized carbons (Fsp3) is 0. The van der Waals surface area contributed by atoms with Crippen LogP contribution in [0.4, 0.5) is 0 Å². The molecule has 1 aromatic heterocycles. The molecule has 2 heteroatoms. The molecule has 0 saturated heterocycles. The second-order valence-corrected chi connectivity index (χ2v) is 6.07. The summed E-state index contributed by atoms with van der Waals surface area (Å²) in [5.41, 5.74) is 0.954. The van der Waals surface area contributed by atoms with Crippen LogP contribution in [0.2, 0.25) is 5.02 Å². The minimum Gasteiger partial charge on any atom is -0.464 e. The van der Waals surface area contributed by atoms with Crippen LogP contribution in [-0.4, -0.2) is 0 Å². The Morgan fingerprint density at radius 1 is 0.591 bits per heavy atom. The maximum absolute atomic E-state index is 6.11. The summed E-state index contributed by atoms with van der Waals surface area (Å²) in [6.07, 6.45) is 1.75. The predicted molar refractivity (Wildman–Crippen MR) is 93.7 cm³/mol. The van der Waals surface area contributed by atoms with Gasteiger partial charge in [-0.1, -0.05) is 35.9 Å². The van der Waals surface area contributed by atoms with Crippen molar-refractivity contribution >= 4 is 54.9 Å². The van der Waals surface area contributed by atoms with E-state index >= 15 is 0 Å². The van der Waals surface area contributed by atoms with Gasteiger partial charge in [0.15, 0.2) is 0 Å². The molecule has 0 N–H and O–H groups in total. The van der Waals surface area contributed by atoms with Crippen LogP contribution in [-0.2, 0) is 0 Å². The van der Waals surface area contributed by atoms with Gasteiger partial charge in [0.2, 0.25) is 0 Å². The van der Waals surface area contributed by atoms with Crippen molar-refractivity contribution in [3.05, 3.63) is 71.9 Å². The fourth-order valence-corrected chi connectivity index (χ4v) is 3.47. The first-order chi connectivity index (χ1) is 10.8. The summed E-state index contributed by atoms with van der Waals surface area (Å²) in [5, 5.41) is 9.10. The first-order valence-corrected chi connectivity index (χ1v) is 7.59. The quantitative estimate of drug-likeness (QED) is 0.234. The third-order valence-corrected chi connectivity index (χ3v) is 4.59. The normalized spacial score (nSPS) is 11.9. The van der Waals surface area contributed by atoms with Crippen LogP contribution in [0, 0.1) is 0 Å². The lowest BCUT2D eigenvalue weighted by Gasteiger charge is -2.07. The van der Waals surface area contributed by atoms with E-state index in [0.717, 1.165) is 21.4 Å². The summed E-state index contributed by atoms with van der Waals surface area (Å²) >= 11 is 6.11. The maximum atomic E-state index is 6.11. The molecule has 0 fully saturated rings. The van der Waals surface area contributed by atoms with E-state index in [1.54, 1.807) is 6.26 Å². The Balaban J connectivity index is 2.00. The van der Waals surface area contributed by atoms with Gasteiger partial charge >= 0.3 is 0 Å². The van der Waals surface area contributed by atoms with Crippen LogP contribution in [0.5, 0.6) is 0 Å². The van der Waals surface area contributed by atoms with Crippen LogP contribution in [0.25, 0.3) is 43.3 Å². The smallest absolute Gasteiger partial charge is 0.141 e. The molecule has 1 heterocycles. The van der Waals surface area contributed by atoms with Crippen molar-refractivity contribution < 1.29 is 4.42 Å². The number of benzene rings is 4. The first-order valence-electron chi connectivity index (χ1n) is 7.21. The van der Waals surface area contributed by atoms with Crippen molar-refractivity contribution in [2.24, 2.45) is 0 Å². The average Bonchev–Trinajstić information content (AvgIpc) is 3.01. The van der Waals surface area contributed by atoms with Gasteiger partial charge in [0.25, 0.3) is 0 Å². The highest BCUT2D eigenvalue weighted by atomic mass is 35.5. The van der Waals surface area contributed by atoms with Crippen molar-refractivity contribution in [3.8, 4) is 0 Å².